The molecule has 1 aromatic carbocycles. The molecule has 2 unspecified atom stereocenters. The Labute approximate surface area is 204 Å². The molecular weight excluding hydrogens is 434 g/mol. The fourth-order valence-electron chi connectivity index (χ4n) is 3.83. The minimum atomic E-state index is -1.25. The van der Waals surface area contributed by atoms with Gasteiger partial charge in [-0.25, -0.2) is 4.79 Å². The third-order valence-corrected chi connectivity index (χ3v) is 5.40. The molecule has 0 bridgehead atoms. The molecule has 0 fully saturated rings. The van der Waals surface area contributed by atoms with E-state index in [-0.39, 0.29) is 11.9 Å². The van der Waals surface area contributed by atoms with Gasteiger partial charge in [0.15, 0.2) is 0 Å². The fraction of sp³-hybridized carbons (Fsp3) is 0.654. The summed E-state index contributed by atoms with van der Waals surface area (Å²) in [5, 5.41) is 15.4. The van der Waals surface area contributed by atoms with Gasteiger partial charge in [0.05, 0.1) is 6.61 Å². The van der Waals surface area contributed by atoms with Gasteiger partial charge in [0, 0.05) is 12.6 Å². The molecule has 1 aromatic rings. The van der Waals surface area contributed by atoms with Crippen molar-refractivity contribution in [2.45, 2.75) is 98.4 Å². The van der Waals surface area contributed by atoms with Crippen molar-refractivity contribution in [3.63, 3.8) is 0 Å². The van der Waals surface area contributed by atoms with Crippen LogP contribution in [0.2, 0.25) is 0 Å². The van der Waals surface area contributed by atoms with Gasteiger partial charge in [-0.1, -0.05) is 38.0 Å². The Morgan fingerprint density at radius 2 is 1.68 bits per heavy atom. The smallest absolute Gasteiger partial charge is 0.408 e. The van der Waals surface area contributed by atoms with Gasteiger partial charge in [-0.05, 0) is 71.6 Å². The van der Waals surface area contributed by atoms with Crippen molar-refractivity contribution >= 4 is 17.9 Å². The minimum Gasteiger partial charge on any atom is -0.444 e. The van der Waals surface area contributed by atoms with E-state index in [1.54, 1.807) is 20.8 Å². The van der Waals surface area contributed by atoms with Crippen molar-refractivity contribution in [1.82, 2.24) is 15.5 Å². The molecule has 8 nitrogen and oxygen atoms in total. The van der Waals surface area contributed by atoms with Gasteiger partial charge in [0.2, 0.25) is 11.8 Å². The highest BCUT2D eigenvalue weighted by Gasteiger charge is 2.38. The van der Waals surface area contributed by atoms with Crippen LogP contribution in [0.15, 0.2) is 18.2 Å². The summed E-state index contributed by atoms with van der Waals surface area (Å²) in [5.41, 5.74) is 1.75. The van der Waals surface area contributed by atoms with Crippen molar-refractivity contribution in [2.75, 3.05) is 13.2 Å². The van der Waals surface area contributed by atoms with Gasteiger partial charge in [0.1, 0.15) is 17.7 Å². The maximum Gasteiger partial charge on any atom is 0.408 e. The summed E-state index contributed by atoms with van der Waals surface area (Å²) in [5.74, 6) is -0.843. The molecule has 3 N–H and O–H groups in total. The van der Waals surface area contributed by atoms with Crippen molar-refractivity contribution < 1.29 is 24.2 Å². The number of hydrogen-bond donors (Lipinski definition) is 3. The highest BCUT2D eigenvalue weighted by atomic mass is 16.6. The lowest BCUT2D eigenvalue weighted by Gasteiger charge is -2.38. The zero-order valence-electron chi connectivity index (χ0n) is 22.0. The molecule has 0 aliphatic heterocycles. The zero-order valence-corrected chi connectivity index (χ0v) is 22.0. The molecule has 1 rings (SSSR count). The molecule has 2 atom stereocenters. The third kappa shape index (κ3) is 8.63. The summed E-state index contributed by atoms with van der Waals surface area (Å²) < 4.78 is 5.26. The molecule has 0 saturated carbocycles. The lowest BCUT2D eigenvalue weighted by Crippen LogP contribution is -2.56. The van der Waals surface area contributed by atoms with E-state index in [9.17, 15) is 19.5 Å². The average molecular weight is 478 g/mol. The molecule has 34 heavy (non-hydrogen) atoms. The molecule has 0 aromatic heterocycles. The molecule has 0 aliphatic carbocycles. The van der Waals surface area contributed by atoms with Gasteiger partial charge in [-0.3, -0.25) is 9.59 Å². The number of nitrogens with one attached hydrogen (secondary N) is 2. The fourth-order valence-corrected chi connectivity index (χ4v) is 3.83. The van der Waals surface area contributed by atoms with E-state index in [2.05, 4.69) is 17.6 Å². The summed E-state index contributed by atoms with van der Waals surface area (Å²) in [4.78, 5) is 40.9. The standard InChI is InChI=1S/C26H43N3O5/c1-9-10-11-15-27-23(31)22(21-18(4)13-12-14-19(21)5)29(17(2)3)24(32)20(16-30)28-25(33)34-26(6,7)8/h12-14,17,20,22,30H,9-11,15-16H2,1-8H3,(H,27,31)(H,28,33). The molecule has 0 radical (unpaired) electrons. The number of carbonyl (C=O) groups is 3. The second-order valence-corrected chi connectivity index (χ2v) is 9.93. The highest BCUT2D eigenvalue weighted by Crippen LogP contribution is 2.30. The average Bonchev–Trinajstić information content (AvgIpc) is 2.72. The van der Waals surface area contributed by atoms with Crippen LogP contribution in [-0.2, 0) is 14.3 Å². The van der Waals surface area contributed by atoms with Crippen molar-refractivity contribution in [3.05, 3.63) is 34.9 Å². The predicted octanol–water partition coefficient (Wildman–Crippen LogP) is 3.77. The number of aliphatic hydroxyl groups is 1. The number of amides is 3. The normalized spacial score (nSPS) is 13.2. The SMILES string of the molecule is CCCCCNC(=O)C(c1c(C)cccc1C)N(C(=O)C(CO)NC(=O)OC(C)(C)C)C(C)C. The molecule has 0 heterocycles. The quantitative estimate of drug-likeness (QED) is 0.421. The first kappa shape index (κ1) is 29.4. The second-order valence-electron chi connectivity index (χ2n) is 9.93. The Morgan fingerprint density at radius 3 is 2.15 bits per heavy atom. The third-order valence-electron chi connectivity index (χ3n) is 5.40. The van der Waals surface area contributed by atoms with Gasteiger partial charge < -0.3 is 25.4 Å². The second kappa shape index (κ2) is 13.3. The van der Waals surface area contributed by atoms with E-state index < -0.39 is 36.3 Å². The van der Waals surface area contributed by atoms with Crippen molar-refractivity contribution in [2.24, 2.45) is 0 Å². The van der Waals surface area contributed by atoms with Gasteiger partial charge in [0.25, 0.3) is 0 Å². The Kier molecular flexibility index (Phi) is 11.5. The number of alkyl carbamates (subject to hydrolysis) is 1. The number of rotatable bonds is 11. The maximum absolute atomic E-state index is 13.7. The largest absolute Gasteiger partial charge is 0.444 e. The first-order valence-electron chi connectivity index (χ1n) is 12.1. The lowest BCUT2D eigenvalue weighted by atomic mass is 9.93. The first-order chi connectivity index (χ1) is 15.8. The van der Waals surface area contributed by atoms with E-state index in [1.165, 1.54) is 4.90 Å². The number of ether oxygens (including phenoxy) is 1. The molecule has 3 amide bonds. The van der Waals surface area contributed by atoms with Gasteiger partial charge in [-0.15, -0.1) is 0 Å². The van der Waals surface area contributed by atoms with E-state index in [4.69, 9.17) is 4.74 Å². The Morgan fingerprint density at radius 1 is 1.09 bits per heavy atom. The van der Waals surface area contributed by atoms with Crippen LogP contribution in [0, 0.1) is 13.8 Å². The summed E-state index contributed by atoms with van der Waals surface area (Å²) in [6.45, 7) is 14.5. The Bertz CT molecular complexity index is 812. The van der Waals surface area contributed by atoms with Crippen LogP contribution in [0.4, 0.5) is 4.79 Å². The molecule has 0 saturated heterocycles. The van der Waals surface area contributed by atoms with E-state index >= 15 is 0 Å². The van der Waals surface area contributed by atoms with Crippen LogP contribution < -0.4 is 10.6 Å². The topological polar surface area (TPSA) is 108 Å². The molecule has 192 valence electrons. The summed E-state index contributed by atoms with van der Waals surface area (Å²) in [7, 11) is 0. The van der Waals surface area contributed by atoms with Crippen LogP contribution >= 0.6 is 0 Å². The Hall–Kier alpha value is -2.61. The number of unbranched alkanes of at least 4 members (excludes halogenated alkanes) is 2. The van der Waals surface area contributed by atoms with Crippen LogP contribution in [0.25, 0.3) is 0 Å². The molecule has 0 spiro atoms. The maximum atomic E-state index is 13.7. The molecule has 0 aliphatic rings. The number of nitrogens with zero attached hydrogens (tertiary/aromatic N) is 1. The van der Waals surface area contributed by atoms with E-state index in [0.29, 0.717) is 6.54 Å². The van der Waals surface area contributed by atoms with Crippen LogP contribution in [0.5, 0.6) is 0 Å². The van der Waals surface area contributed by atoms with Gasteiger partial charge in [-0.2, -0.15) is 0 Å². The van der Waals surface area contributed by atoms with Crippen molar-refractivity contribution in [3.8, 4) is 0 Å². The monoisotopic (exact) mass is 477 g/mol. The molecular formula is C26H43N3O5. The summed E-state index contributed by atoms with van der Waals surface area (Å²) in [6.07, 6.45) is 2.06. The van der Waals surface area contributed by atoms with E-state index in [1.807, 2.05) is 45.9 Å². The van der Waals surface area contributed by atoms with Gasteiger partial charge >= 0.3 is 6.09 Å². The number of aliphatic hydroxyl groups excluding tert-OH is 1. The predicted molar refractivity (Wildman–Crippen MR) is 133 cm³/mol. The zero-order chi connectivity index (χ0) is 26.1. The Balaban J connectivity index is 3.38. The number of hydrogen-bond acceptors (Lipinski definition) is 5. The minimum absolute atomic E-state index is 0.287. The van der Waals surface area contributed by atoms with Crippen molar-refractivity contribution in [1.29, 1.82) is 0 Å². The van der Waals surface area contributed by atoms with E-state index in [0.717, 1.165) is 36.0 Å². The number of benzene rings is 1. The van der Waals surface area contributed by atoms with Crippen LogP contribution in [0.3, 0.4) is 0 Å². The number of aryl methyl sites for hydroxylation is 2. The molecule has 8 heteroatoms. The van der Waals surface area contributed by atoms with Crippen LogP contribution in [0.1, 0.15) is 83.5 Å². The van der Waals surface area contributed by atoms with Crippen LogP contribution in [-0.4, -0.2) is 58.8 Å². The number of carbonyl (C=O) groups excluding carboxylic acids is 3. The summed E-state index contributed by atoms with van der Waals surface area (Å²) in [6, 6.07) is 3.18. The lowest BCUT2D eigenvalue weighted by molar-refractivity contribution is -0.145. The highest BCUT2D eigenvalue weighted by molar-refractivity contribution is 5.92. The summed E-state index contributed by atoms with van der Waals surface area (Å²) >= 11 is 0. The first-order valence-corrected chi connectivity index (χ1v) is 12.1.